The summed E-state index contributed by atoms with van der Waals surface area (Å²) in [5, 5.41) is 19.6. The molecule has 8 nitrogen and oxygen atoms in total. The second-order valence-corrected chi connectivity index (χ2v) is 11.1. The minimum atomic E-state index is -1.03. The number of nitrogens with zero attached hydrogens (tertiary/aromatic N) is 3. The van der Waals surface area contributed by atoms with E-state index in [2.05, 4.69) is 10.2 Å². The number of carbonyl (C=O) groups is 2. The summed E-state index contributed by atoms with van der Waals surface area (Å²) < 4.78 is 25.1. The van der Waals surface area contributed by atoms with Gasteiger partial charge in [0.25, 0.3) is 5.91 Å². The summed E-state index contributed by atoms with van der Waals surface area (Å²) in [4.78, 5) is 28.2. The summed E-state index contributed by atoms with van der Waals surface area (Å²) in [6.07, 6.45) is 1.35. The predicted molar refractivity (Wildman–Crippen MR) is 152 cm³/mol. The number of hydrogen-bond acceptors (Lipinski definition) is 9. The van der Waals surface area contributed by atoms with Crippen molar-refractivity contribution in [2.45, 2.75) is 16.1 Å². The molecule has 0 fully saturated rings. The number of anilines is 1. The minimum Gasteiger partial charge on any atom is -0.503 e. The molecular weight excluding hydrogens is 565 g/mol. The number of para-hydroxylation sites is 1. The number of ketones is 1. The van der Waals surface area contributed by atoms with E-state index in [-0.39, 0.29) is 22.3 Å². The molecule has 11 heteroatoms. The van der Waals surface area contributed by atoms with Gasteiger partial charge in [0.2, 0.25) is 10.9 Å². The van der Waals surface area contributed by atoms with Gasteiger partial charge < -0.3 is 14.3 Å². The number of Topliss-reactive ketones (excluding diaryl/α,β-unsaturated/α-hetero) is 1. The Labute approximate surface area is 241 Å². The Hall–Kier alpha value is -4.74. The van der Waals surface area contributed by atoms with Crippen molar-refractivity contribution in [1.29, 1.82) is 0 Å². The lowest BCUT2D eigenvalue weighted by molar-refractivity contribution is -0.117. The van der Waals surface area contributed by atoms with Crippen LogP contribution in [-0.2, 0) is 10.5 Å². The topological polar surface area (TPSA) is 106 Å². The first-order valence-electron chi connectivity index (χ1n) is 12.4. The maximum atomic E-state index is 13.5. The van der Waals surface area contributed by atoms with Crippen molar-refractivity contribution in [1.82, 2.24) is 10.2 Å². The van der Waals surface area contributed by atoms with E-state index in [1.807, 2.05) is 30.3 Å². The van der Waals surface area contributed by atoms with Crippen LogP contribution in [0.1, 0.15) is 27.7 Å². The van der Waals surface area contributed by atoms with E-state index >= 15 is 0 Å². The van der Waals surface area contributed by atoms with Crippen LogP contribution in [0.5, 0.6) is 11.5 Å². The lowest BCUT2D eigenvalue weighted by atomic mass is 9.95. The zero-order valence-electron chi connectivity index (χ0n) is 21.1. The van der Waals surface area contributed by atoms with E-state index < -0.39 is 23.5 Å². The first kappa shape index (κ1) is 26.5. The van der Waals surface area contributed by atoms with Gasteiger partial charge in [0.05, 0.1) is 17.9 Å². The summed E-state index contributed by atoms with van der Waals surface area (Å²) >= 11 is 2.52. The zero-order chi connectivity index (χ0) is 28.3. The van der Waals surface area contributed by atoms with Gasteiger partial charge in [-0.1, -0.05) is 65.6 Å². The van der Waals surface area contributed by atoms with Crippen LogP contribution in [0.15, 0.2) is 117 Å². The monoisotopic (exact) mass is 585 g/mol. The van der Waals surface area contributed by atoms with Gasteiger partial charge in [-0.25, -0.2) is 4.39 Å². The lowest BCUT2D eigenvalue weighted by Crippen LogP contribution is -2.31. The third-order valence-corrected chi connectivity index (χ3v) is 8.35. The van der Waals surface area contributed by atoms with Gasteiger partial charge in [0.15, 0.2) is 15.9 Å². The van der Waals surface area contributed by atoms with Gasteiger partial charge in [-0.3, -0.25) is 14.5 Å². The Morgan fingerprint density at radius 1 is 1.00 bits per heavy atom. The quantitative estimate of drug-likeness (QED) is 0.111. The van der Waals surface area contributed by atoms with Gasteiger partial charge >= 0.3 is 0 Å². The van der Waals surface area contributed by atoms with Crippen molar-refractivity contribution >= 4 is 39.9 Å². The van der Waals surface area contributed by atoms with Crippen LogP contribution in [0.25, 0.3) is 0 Å². The number of carbonyl (C=O) groups excluding carboxylic acids is 2. The molecule has 204 valence electrons. The van der Waals surface area contributed by atoms with Gasteiger partial charge in [0, 0.05) is 5.75 Å². The van der Waals surface area contributed by atoms with Crippen molar-refractivity contribution in [2.24, 2.45) is 0 Å². The number of aliphatic hydroxyl groups is 1. The minimum absolute atomic E-state index is 0.0179. The third-order valence-electron chi connectivity index (χ3n) is 6.23. The van der Waals surface area contributed by atoms with Crippen molar-refractivity contribution in [2.75, 3.05) is 4.90 Å². The SMILES string of the molecule is O=C(C1=C(O)C(=O)N(c2nnc(SCc3ccc(F)cc3)s2)C1c1cccc(Oc2ccccc2)c1)c1ccco1. The molecule has 0 spiro atoms. The molecule has 0 aliphatic carbocycles. The molecular formula is C30H20FN3O5S2. The maximum absolute atomic E-state index is 13.5. The van der Waals surface area contributed by atoms with Crippen molar-refractivity contribution < 1.29 is 28.2 Å². The molecule has 1 atom stereocenters. The summed E-state index contributed by atoms with van der Waals surface area (Å²) in [6.45, 7) is 0. The highest BCUT2D eigenvalue weighted by Crippen LogP contribution is 2.44. The van der Waals surface area contributed by atoms with E-state index in [1.165, 1.54) is 41.1 Å². The van der Waals surface area contributed by atoms with Crippen molar-refractivity contribution in [3.8, 4) is 11.5 Å². The molecule has 1 aliphatic heterocycles. The largest absolute Gasteiger partial charge is 0.503 e. The number of amides is 1. The highest BCUT2D eigenvalue weighted by atomic mass is 32.2. The molecule has 1 unspecified atom stereocenters. The molecule has 0 saturated carbocycles. The van der Waals surface area contributed by atoms with Crippen molar-refractivity contribution in [3.63, 3.8) is 0 Å². The van der Waals surface area contributed by atoms with Crippen LogP contribution >= 0.6 is 23.1 Å². The second-order valence-electron chi connectivity index (χ2n) is 8.90. The average Bonchev–Trinajstić information content (AvgIpc) is 3.74. The number of halogens is 1. The molecule has 1 amide bonds. The normalized spacial score (nSPS) is 15.0. The maximum Gasteiger partial charge on any atom is 0.296 e. The van der Waals surface area contributed by atoms with Crippen LogP contribution in [-0.4, -0.2) is 27.0 Å². The summed E-state index contributed by atoms with van der Waals surface area (Å²) in [5.41, 5.74) is 1.27. The van der Waals surface area contributed by atoms with Gasteiger partial charge in [-0.05, 0) is 59.7 Å². The number of ether oxygens (including phenoxy) is 1. The third kappa shape index (κ3) is 5.49. The Bertz CT molecular complexity index is 1740. The number of rotatable bonds is 9. The number of aromatic nitrogens is 2. The van der Waals surface area contributed by atoms with E-state index in [9.17, 15) is 19.1 Å². The first-order valence-corrected chi connectivity index (χ1v) is 14.2. The molecule has 0 radical (unpaired) electrons. The highest BCUT2D eigenvalue weighted by molar-refractivity contribution is 8.00. The Morgan fingerprint density at radius 2 is 1.78 bits per heavy atom. The predicted octanol–water partition coefficient (Wildman–Crippen LogP) is 7.14. The average molecular weight is 586 g/mol. The van der Waals surface area contributed by atoms with Crippen molar-refractivity contribution in [3.05, 3.63) is 131 Å². The first-order chi connectivity index (χ1) is 20.0. The van der Waals surface area contributed by atoms with Crippen LogP contribution < -0.4 is 9.64 Å². The molecule has 3 heterocycles. The number of benzene rings is 3. The van der Waals surface area contributed by atoms with Gasteiger partial charge in [-0.2, -0.15) is 0 Å². The van der Waals surface area contributed by atoms with E-state index in [4.69, 9.17) is 9.15 Å². The Balaban J connectivity index is 1.35. The fourth-order valence-electron chi connectivity index (χ4n) is 4.35. The zero-order valence-corrected chi connectivity index (χ0v) is 22.8. The molecule has 3 aromatic carbocycles. The number of thioether (sulfide) groups is 1. The number of hydrogen-bond donors (Lipinski definition) is 1. The second kappa shape index (κ2) is 11.4. The summed E-state index contributed by atoms with van der Waals surface area (Å²) in [7, 11) is 0. The molecule has 5 aromatic rings. The molecule has 0 saturated heterocycles. The number of furan rings is 1. The van der Waals surface area contributed by atoms with Crippen LogP contribution in [0.4, 0.5) is 9.52 Å². The fourth-order valence-corrected chi connectivity index (χ4v) is 6.17. The molecule has 1 N–H and O–H groups in total. The Morgan fingerprint density at radius 3 is 2.54 bits per heavy atom. The standard InChI is InChI=1S/C30H20FN3O5S2/c31-20-13-11-18(12-14-20)17-40-30-33-32-29(41-30)34-25(24(27(36)28(34)37)26(35)23-10-5-15-38-23)19-6-4-9-22(16-19)39-21-7-2-1-3-8-21/h1-16,25,36H,17H2. The molecule has 2 aromatic heterocycles. The molecule has 41 heavy (non-hydrogen) atoms. The Kier molecular flexibility index (Phi) is 7.36. The van der Waals surface area contributed by atoms with E-state index in [0.717, 1.165) is 16.9 Å². The van der Waals surface area contributed by atoms with Gasteiger partial charge in [-0.15, -0.1) is 10.2 Å². The van der Waals surface area contributed by atoms with E-state index in [0.29, 0.717) is 27.2 Å². The molecule has 0 bridgehead atoms. The summed E-state index contributed by atoms with van der Waals surface area (Å²) in [5.74, 6) is -0.843. The summed E-state index contributed by atoms with van der Waals surface area (Å²) in [6, 6.07) is 24.3. The fraction of sp³-hybridized carbons (Fsp3) is 0.0667. The number of aliphatic hydroxyl groups excluding tert-OH is 1. The van der Waals surface area contributed by atoms with E-state index in [1.54, 1.807) is 42.5 Å². The molecule has 6 rings (SSSR count). The van der Waals surface area contributed by atoms with Crippen LogP contribution in [0.3, 0.4) is 0 Å². The molecule has 1 aliphatic rings. The van der Waals surface area contributed by atoms with Crippen LogP contribution in [0.2, 0.25) is 0 Å². The highest BCUT2D eigenvalue weighted by Gasteiger charge is 2.46. The van der Waals surface area contributed by atoms with Gasteiger partial charge in [0.1, 0.15) is 17.3 Å². The smallest absolute Gasteiger partial charge is 0.296 e. The van der Waals surface area contributed by atoms with Crippen LogP contribution in [0, 0.1) is 5.82 Å². The lowest BCUT2D eigenvalue weighted by Gasteiger charge is -2.24.